The van der Waals surface area contributed by atoms with Crippen LogP contribution in [0.5, 0.6) is 0 Å². The quantitative estimate of drug-likeness (QED) is 0.462. The van der Waals surface area contributed by atoms with Gasteiger partial charge in [-0.1, -0.05) is 26.3 Å². The number of rotatable bonds is 2. The highest BCUT2D eigenvalue weighted by molar-refractivity contribution is 5.72. The number of furan rings is 1. The standard InChI is InChI=1S/C28H34O7/c1-13-16(15-6-7-31-11-15)8-17-22(13)28(5)18-9-21(30)35-20-10-19(33-14(2)29)26(3)12-32-23(25(28)34-17)24(26)27(18,20)4/h6-7,11,16-20,23-25H,8-10,12H2,1-5H3/t16-,17-,18-,19-,20-,23-,24+,25-,26-,27+,28-/m1/s1. The van der Waals surface area contributed by atoms with Crippen LogP contribution in [0.15, 0.2) is 34.2 Å². The van der Waals surface area contributed by atoms with Crippen LogP contribution in [0.2, 0.25) is 0 Å². The smallest absolute Gasteiger partial charge is 0.306 e. The van der Waals surface area contributed by atoms with Crippen LogP contribution < -0.4 is 0 Å². The molecule has 0 N–H and O–H groups in total. The van der Waals surface area contributed by atoms with E-state index in [9.17, 15) is 9.59 Å². The molecule has 35 heavy (non-hydrogen) atoms. The Kier molecular flexibility index (Phi) is 4.29. The Labute approximate surface area is 205 Å². The zero-order chi connectivity index (χ0) is 24.5. The molecule has 7 heteroatoms. The molecule has 6 aliphatic rings. The highest BCUT2D eigenvalue weighted by atomic mass is 16.6. The molecule has 0 bridgehead atoms. The first kappa shape index (κ1) is 22.1. The predicted molar refractivity (Wildman–Crippen MR) is 123 cm³/mol. The molecule has 0 spiro atoms. The summed E-state index contributed by atoms with van der Waals surface area (Å²) in [5, 5.41) is 0. The zero-order valence-electron chi connectivity index (χ0n) is 21.0. The lowest BCUT2D eigenvalue weighted by atomic mass is 9.39. The van der Waals surface area contributed by atoms with Crippen molar-refractivity contribution >= 4 is 11.9 Å². The maximum atomic E-state index is 13.1. The van der Waals surface area contributed by atoms with Gasteiger partial charge in [-0.05, 0) is 36.5 Å². The SMILES string of the molecule is CC(=O)O[C@@H]1C[C@H]2OC(=O)C[C@H]3[C@]4(C)C5=C(C)[C@H](c6ccoc6)C[C@H]5O[C@@H]4[C@@H]4OC[C@@]1(C)[C@H]4[C@]23C. The van der Waals surface area contributed by atoms with E-state index in [1.165, 1.54) is 23.6 Å². The Balaban J connectivity index is 1.39. The molecule has 7 nitrogen and oxygen atoms in total. The van der Waals surface area contributed by atoms with Crippen molar-refractivity contribution in [3.05, 3.63) is 35.3 Å². The average Bonchev–Trinajstić information content (AvgIpc) is 3.54. The van der Waals surface area contributed by atoms with E-state index in [-0.39, 0.29) is 76.5 Å². The summed E-state index contributed by atoms with van der Waals surface area (Å²) in [6.07, 6.45) is 4.40. The zero-order valence-corrected chi connectivity index (χ0v) is 21.0. The first-order valence-corrected chi connectivity index (χ1v) is 13.0. The number of fused-ring (bicyclic) bond motifs is 5. The summed E-state index contributed by atoms with van der Waals surface area (Å²) < 4.78 is 30.9. The largest absolute Gasteiger partial charge is 0.472 e. The van der Waals surface area contributed by atoms with E-state index in [0.29, 0.717) is 19.4 Å². The summed E-state index contributed by atoms with van der Waals surface area (Å²) in [5.74, 6) is -0.0761. The second-order valence-electron chi connectivity index (χ2n) is 12.5. The molecule has 1 aromatic rings. The van der Waals surface area contributed by atoms with Gasteiger partial charge in [-0.2, -0.15) is 0 Å². The highest BCUT2D eigenvalue weighted by Crippen LogP contribution is 2.74. The topological polar surface area (TPSA) is 84.2 Å². The van der Waals surface area contributed by atoms with Crippen LogP contribution in [0, 0.1) is 28.1 Å². The van der Waals surface area contributed by atoms with Crippen LogP contribution in [0.3, 0.4) is 0 Å². The third kappa shape index (κ3) is 2.49. The number of ether oxygens (including phenoxy) is 4. The van der Waals surface area contributed by atoms with Crippen LogP contribution in [-0.4, -0.2) is 49.1 Å². The molecule has 3 saturated heterocycles. The van der Waals surface area contributed by atoms with Crippen molar-refractivity contribution in [2.75, 3.05) is 6.61 Å². The van der Waals surface area contributed by atoms with Crippen LogP contribution in [0.25, 0.3) is 0 Å². The van der Waals surface area contributed by atoms with Crippen molar-refractivity contribution in [1.82, 2.24) is 0 Å². The maximum Gasteiger partial charge on any atom is 0.306 e. The molecule has 3 aliphatic carbocycles. The third-order valence-electron chi connectivity index (χ3n) is 11.0. The lowest BCUT2D eigenvalue weighted by Gasteiger charge is -2.66. The lowest BCUT2D eigenvalue weighted by molar-refractivity contribution is -0.268. The average molecular weight is 483 g/mol. The van der Waals surface area contributed by atoms with Gasteiger partial charge in [-0.3, -0.25) is 9.59 Å². The van der Waals surface area contributed by atoms with Crippen molar-refractivity contribution in [1.29, 1.82) is 0 Å². The van der Waals surface area contributed by atoms with Crippen LogP contribution in [0.1, 0.15) is 65.4 Å². The van der Waals surface area contributed by atoms with Gasteiger partial charge in [0, 0.05) is 47.8 Å². The van der Waals surface area contributed by atoms with E-state index in [0.717, 1.165) is 6.42 Å². The molecule has 188 valence electrons. The predicted octanol–water partition coefficient (Wildman–Crippen LogP) is 4.17. The Morgan fingerprint density at radius 2 is 2.00 bits per heavy atom. The number of carbonyl (C=O) groups excluding carboxylic acids is 2. The second kappa shape index (κ2) is 6.80. The molecule has 0 amide bonds. The van der Waals surface area contributed by atoms with Gasteiger partial charge in [-0.25, -0.2) is 0 Å². The van der Waals surface area contributed by atoms with Gasteiger partial charge in [0.15, 0.2) is 0 Å². The number of hydrogen-bond donors (Lipinski definition) is 0. The maximum absolute atomic E-state index is 13.1. The lowest BCUT2D eigenvalue weighted by Crippen LogP contribution is -2.72. The Bertz CT molecular complexity index is 1140. The minimum absolute atomic E-state index is 0.00442. The minimum atomic E-state index is -0.352. The van der Waals surface area contributed by atoms with Crippen molar-refractivity contribution < 1.29 is 33.0 Å². The molecular weight excluding hydrogens is 448 g/mol. The van der Waals surface area contributed by atoms with Gasteiger partial charge >= 0.3 is 11.9 Å². The van der Waals surface area contributed by atoms with Gasteiger partial charge in [0.05, 0.1) is 37.4 Å². The summed E-state index contributed by atoms with van der Waals surface area (Å²) in [7, 11) is 0. The monoisotopic (exact) mass is 482 g/mol. The highest BCUT2D eigenvalue weighted by Gasteiger charge is 2.79. The summed E-state index contributed by atoms with van der Waals surface area (Å²) in [4.78, 5) is 25.1. The van der Waals surface area contributed by atoms with Crippen molar-refractivity contribution in [2.24, 2.45) is 28.1 Å². The van der Waals surface area contributed by atoms with Crippen molar-refractivity contribution in [2.45, 2.75) is 90.3 Å². The van der Waals surface area contributed by atoms with Gasteiger partial charge in [0.2, 0.25) is 0 Å². The fourth-order valence-corrected chi connectivity index (χ4v) is 9.81. The second-order valence-corrected chi connectivity index (χ2v) is 12.5. The number of esters is 2. The van der Waals surface area contributed by atoms with Gasteiger partial charge in [0.1, 0.15) is 12.2 Å². The number of allylic oxidation sites excluding steroid dienone is 1. The third-order valence-corrected chi connectivity index (χ3v) is 11.0. The van der Waals surface area contributed by atoms with E-state index in [1.807, 2.05) is 12.3 Å². The molecular formula is C28H34O7. The number of carbonyl (C=O) groups is 2. The van der Waals surface area contributed by atoms with E-state index >= 15 is 0 Å². The number of hydrogen-bond acceptors (Lipinski definition) is 7. The van der Waals surface area contributed by atoms with Crippen molar-refractivity contribution in [3.8, 4) is 0 Å². The summed E-state index contributed by atoms with van der Waals surface area (Å²) >= 11 is 0. The normalized spacial score (nSPS) is 51.5. The Morgan fingerprint density at radius 1 is 1.20 bits per heavy atom. The van der Waals surface area contributed by atoms with Crippen molar-refractivity contribution in [3.63, 3.8) is 0 Å². The first-order valence-electron chi connectivity index (χ1n) is 13.0. The summed E-state index contributed by atoms with van der Waals surface area (Å²) in [6.45, 7) is 11.0. The van der Waals surface area contributed by atoms with E-state index < -0.39 is 0 Å². The Morgan fingerprint density at radius 3 is 2.71 bits per heavy atom. The molecule has 5 fully saturated rings. The molecule has 3 aliphatic heterocycles. The molecule has 4 heterocycles. The van der Waals surface area contributed by atoms with Gasteiger partial charge < -0.3 is 23.4 Å². The molecule has 0 radical (unpaired) electrons. The van der Waals surface area contributed by atoms with E-state index in [2.05, 4.69) is 27.7 Å². The first-order chi connectivity index (χ1) is 16.6. The van der Waals surface area contributed by atoms with Crippen LogP contribution in [0.4, 0.5) is 0 Å². The van der Waals surface area contributed by atoms with Gasteiger partial charge in [0.25, 0.3) is 0 Å². The molecule has 11 atom stereocenters. The molecule has 7 rings (SSSR count). The van der Waals surface area contributed by atoms with E-state index in [1.54, 1.807) is 6.26 Å². The molecule has 0 unspecified atom stereocenters. The fourth-order valence-electron chi connectivity index (χ4n) is 9.81. The minimum Gasteiger partial charge on any atom is -0.472 e. The molecule has 2 saturated carbocycles. The fraction of sp³-hybridized carbons (Fsp3) is 0.714. The summed E-state index contributed by atoms with van der Waals surface area (Å²) in [6, 6.07) is 2.05. The summed E-state index contributed by atoms with van der Waals surface area (Å²) in [5.41, 5.74) is 2.89. The Hall–Kier alpha value is -2.12. The van der Waals surface area contributed by atoms with Crippen LogP contribution in [-0.2, 0) is 28.5 Å². The van der Waals surface area contributed by atoms with E-state index in [4.69, 9.17) is 23.4 Å². The van der Waals surface area contributed by atoms with Crippen LogP contribution >= 0.6 is 0 Å². The van der Waals surface area contributed by atoms with Gasteiger partial charge in [-0.15, -0.1) is 0 Å². The molecule has 1 aromatic heterocycles. The molecule has 0 aromatic carbocycles.